The smallest absolute Gasteiger partial charge is 0.120 e. The lowest BCUT2D eigenvalue weighted by Crippen LogP contribution is -2.56. The van der Waals surface area contributed by atoms with Gasteiger partial charge >= 0.3 is 0 Å². The molecule has 0 aromatic carbocycles. The zero-order valence-electron chi connectivity index (χ0n) is 12.6. The van der Waals surface area contributed by atoms with Gasteiger partial charge in [-0.25, -0.2) is 0 Å². The number of ether oxygens (including phenoxy) is 1. The van der Waals surface area contributed by atoms with Gasteiger partial charge in [-0.1, -0.05) is 0 Å². The summed E-state index contributed by atoms with van der Waals surface area (Å²) >= 11 is 0. The van der Waals surface area contributed by atoms with Crippen LogP contribution < -0.4 is 0 Å². The molecule has 23 heavy (non-hydrogen) atoms. The monoisotopic (exact) mass is 338 g/mol. The summed E-state index contributed by atoms with van der Waals surface area (Å²) < 4.78 is 5.44. The first-order valence-corrected chi connectivity index (χ1v) is 7.72. The van der Waals surface area contributed by atoms with Crippen LogP contribution in [0.1, 0.15) is 12.8 Å². The quantitative estimate of drug-likeness (QED) is 0.248. The largest absolute Gasteiger partial charge is 0.396 e. The Kier molecular flexibility index (Phi) is 5.99. The Morgan fingerprint density at radius 2 is 1.39 bits per heavy atom. The first-order valence-electron chi connectivity index (χ1n) is 7.72. The molecule has 1 heterocycles. The molecule has 9 heteroatoms. The van der Waals surface area contributed by atoms with E-state index in [1.54, 1.807) is 0 Å². The third-order valence-corrected chi connectivity index (χ3v) is 5.19. The van der Waals surface area contributed by atoms with E-state index in [0.717, 1.165) is 0 Å². The van der Waals surface area contributed by atoms with E-state index in [2.05, 4.69) is 0 Å². The van der Waals surface area contributed by atoms with Crippen molar-refractivity contribution in [3.63, 3.8) is 0 Å². The van der Waals surface area contributed by atoms with E-state index in [0.29, 0.717) is 0 Å². The number of aliphatic hydroxyl groups excluding tert-OH is 8. The number of hydrogen-bond donors (Lipinski definition) is 8. The first kappa shape index (κ1) is 19.0. The van der Waals surface area contributed by atoms with Crippen molar-refractivity contribution in [1.82, 2.24) is 0 Å². The lowest BCUT2D eigenvalue weighted by molar-refractivity contribution is -0.175. The molecule has 0 aromatic heterocycles. The minimum absolute atomic E-state index is 0.111. The molecule has 0 radical (unpaired) electrons. The Hall–Kier alpha value is -0.360. The van der Waals surface area contributed by atoms with Crippen molar-refractivity contribution in [3.05, 3.63) is 0 Å². The molecule has 136 valence electrons. The average molecular weight is 338 g/mol. The van der Waals surface area contributed by atoms with Crippen LogP contribution in [-0.4, -0.2) is 103 Å². The van der Waals surface area contributed by atoms with Gasteiger partial charge in [0.25, 0.3) is 0 Å². The Morgan fingerprint density at radius 3 is 1.87 bits per heavy atom. The summed E-state index contributed by atoms with van der Waals surface area (Å²) in [5.74, 6) is -1.34. The third-order valence-electron chi connectivity index (χ3n) is 5.19. The fourth-order valence-electron chi connectivity index (χ4n) is 3.72. The predicted octanol–water partition coefficient (Wildman–Crippen LogP) is -4.07. The van der Waals surface area contributed by atoms with E-state index >= 15 is 0 Å². The van der Waals surface area contributed by atoms with Gasteiger partial charge in [0.1, 0.15) is 30.0 Å². The van der Waals surface area contributed by atoms with E-state index < -0.39 is 73.9 Å². The van der Waals surface area contributed by atoms with Gasteiger partial charge < -0.3 is 45.6 Å². The van der Waals surface area contributed by atoms with Crippen LogP contribution in [-0.2, 0) is 4.74 Å². The molecule has 1 saturated carbocycles. The Morgan fingerprint density at radius 1 is 0.783 bits per heavy atom. The number of rotatable bonds is 5. The van der Waals surface area contributed by atoms with Gasteiger partial charge in [0.05, 0.1) is 25.4 Å². The second kappa shape index (κ2) is 7.26. The Bertz CT molecular complexity index is 392. The minimum atomic E-state index is -1.60. The van der Waals surface area contributed by atoms with Crippen LogP contribution >= 0.6 is 0 Å². The summed E-state index contributed by atoms with van der Waals surface area (Å²) in [4.78, 5) is 0. The lowest BCUT2D eigenvalue weighted by Gasteiger charge is -2.43. The van der Waals surface area contributed by atoms with Crippen molar-refractivity contribution in [2.24, 2.45) is 11.8 Å². The molecule has 0 amide bonds. The lowest BCUT2D eigenvalue weighted by atomic mass is 9.71. The average Bonchev–Trinajstić information content (AvgIpc) is 2.80. The van der Waals surface area contributed by atoms with Crippen LogP contribution in [0.25, 0.3) is 0 Å². The SMILES string of the molecule is OC[C@H]1C[C@H](C[C@]2(CO)O[C@H](CO)[C@@H](O)[C@@H]2O)[C@H](O)[C@@H](O)[C@@H]1O. The van der Waals surface area contributed by atoms with Crippen LogP contribution in [0.5, 0.6) is 0 Å². The Balaban J connectivity index is 2.18. The van der Waals surface area contributed by atoms with Crippen LogP contribution in [0.3, 0.4) is 0 Å². The summed E-state index contributed by atoms with van der Waals surface area (Å²) in [6.45, 7) is -1.60. The van der Waals surface area contributed by atoms with Gasteiger partial charge in [-0.3, -0.25) is 0 Å². The fraction of sp³-hybridized carbons (Fsp3) is 1.00. The van der Waals surface area contributed by atoms with Gasteiger partial charge in [-0.05, 0) is 18.8 Å². The van der Waals surface area contributed by atoms with Gasteiger partial charge in [0.15, 0.2) is 0 Å². The topological polar surface area (TPSA) is 171 Å². The molecule has 0 spiro atoms. The highest BCUT2D eigenvalue weighted by atomic mass is 16.6. The van der Waals surface area contributed by atoms with E-state index in [4.69, 9.17) is 9.84 Å². The highest BCUT2D eigenvalue weighted by molar-refractivity contribution is 5.05. The summed E-state index contributed by atoms with van der Waals surface area (Å²) in [5, 5.41) is 78.0. The van der Waals surface area contributed by atoms with Crippen LogP contribution in [0.2, 0.25) is 0 Å². The van der Waals surface area contributed by atoms with Gasteiger partial charge in [-0.15, -0.1) is 0 Å². The second-order valence-corrected chi connectivity index (χ2v) is 6.61. The summed E-state index contributed by atoms with van der Waals surface area (Å²) in [6.07, 6.45) is -7.99. The molecule has 0 aromatic rings. The molecule has 2 fully saturated rings. The first-order chi connectivity index (χ1) is 10.8. The highest BCUT2D eigenvalue weighted by Crippen LogP contribution is 2.41. The van der Waals surface area contributed by atoms with Gasteiger partial charge in [0, 0.05) is 12.5 Å². The molecule has 1 aliphatic carbocycles. The van der Waals surface area contributed by atoms with Crippen molar-refractivity contribution >= 4 is 0 Å². The summed E-state index contributed by atoms with van der Waals surface area (Å²) in [5.41, 5.74) is -1.60. The van der Waals surface area contributed by atoms with Gasteiger partial charge in [-0.2, -0.15) is 0 Å². The maximum absolute atomic E-state index is 10.2. The van der Waals surface area contributed by atoms with Crippen LogP contribution in [0.15, 0.2) is 0 Å². The molecule has 0 unspecified atom stereocenters. The van der Waals surface area contributed by atoms with Crippen molar-refractivity contribution in [1.29, 1.82) is 0 Å². The van der Waals surface area contributed by atoms with Crippen molar-refractivity contribution in [3.8, 4) is 0 Å². The molecule has 1 aliphatic heterocycles. The molecule has 9 atom stereocenters. The molecule has 0 bridgehead atoms. The van der Waals surface area contributed by atoms with Gasteiger partial charge in [0.2, 0.25) is 0 Å². The molecular formula is C14H26O9. The standard InChI is InChI=1S/C14H26O9/c15-3-7-1-6(9(18)12(21)10(7)19)2-14(5-17)13(22)11(20)8(4-16)23-14/h6-13,15-22H,1-5H2/t6-,7-,8-,9+,10-,11-,12-,13+,14-/m1/s1. The van der Waals surface area contributed by atoms with E-state index in [1.807, 2.05) is 0 Å². The summed E-state index contributed by atoms with van der Waals surface area (Å²) in [7, 11) is 0. The molecule has 2 rings (SSSR count). The zero-order chi connectivity index (χ0) is 17.4. The zero-order valence-corrected chi connectivity index (χ0v) is 12.6. The van der Waals surface area contributed by atoms with Crippen LogP contribution in [0, 0.1) is 11.8 Å². The number of hydrogen-bond acceptors (Lipinski definition) is 9. The molecular weight excluding hydrogens is 312 g/mol. The van der Waals surface area contributed by atoms with Crippen molar-refractivity contribution in [2.45, 2.75) is 55.1 Å². The fourth-order valence-corrected chi connectivity index (χ4v) is 3.72. The maximum atomic E-state index is 10.2. The molecule has 8 N–H and O–H groups in total. The maximum Gasteiger partial charge on any atom is 0.120 e. The summed E-state index contributed by atoms with van der Waals surface area (Å²) in [6, 6.07) is 0. The molecule has 2 aliphatic rings. The van der Waals surface area contributed by atoms with E-state index in [9.17, 15) is 35.7 Å². The van der Waals surface area contributed by atoms with Crippen LogP contribution in [0.4, 0.5) is 0 Å². The Labute approximate surface area is 133 Å². The molecule has 9 nitrogen and oxygen atoms in total. The third kappa shape index (κ3) is 3.26. The predicted molar refractivity (Wildman–Crippen MR) is 75.1 cm³/mol. The van der Waals surface area contributed by atoms with Crippen molar-refractivity contribution in [2.75, 3.05) is 19.8 Å². The second-order valence-electron chi connectivity index (χ2n) is 6.61. The highest BCUT2D eigenvalue weighted by Gasteiger charge is 2.56. The number of aliphatic hydroxyl groups is 8. The normalized spacial score (nSPS) is 51.1. The molecule has 1 saturated heterocycles. The van der Waals surface area contributed by atoms with E-state index in [1.165, 1.54) is 0 Å². The van der Waals surface area contributed by atoms with E-state index in [-0.39, 0.29) is 12.8 Å². The minimum Gasteiger partial charge on any atom is -0.396 e. The van der Waals surface area contributed by atoms with Crippen molar-refractivity contribution < 1.29 is 45.6 Å².